The zero-order valence-corrected chi connectivity index (χ0v) is 13.0. The second kappa shape index (κ2) is 13.5. The van der Waals surface area contributed by atoms with Crippen LogP contribution in [-0.4, -0.2) is 23.5 Å². The van der Waals surface area contributed by atoms with Gasteiger partial charge in [-0.1, -0.05) is 16.9 Å². The summed E-state index contributed by atoms with van der Waals surface area (Å²) in [5, 5.41) is 16.9. The van der Waals surface area contributed by atoms with Crippen molar-refractivity contribution in [1.82, 2.24) is 9.88 Å². The van der Waals surface area contributed by atoms with Crippen LogP contribution in [0.25, 0.3) is 0 Å². The second-order valence-electron chi connectivity index (χ2n) is 3.61. The number of pyridine rings is 1. The zero-order valence-electron chi connectivity index (χ0n) is 10.4. The van der Waals surface area contributed by atoms with Crippen LogP contribution in [0.1, 0.15) is 24.4 Å². The summed E-state index contributed by atoms with van der Waals surface area (Å²) < 4.78 is 0. The van der Waals surface area contributed by atoms with E-state index >= 15 is 0 Å². The third kappa shape index (κ3) is 8.72. The molecule has 0 amide bonds. The van der Waals surface area contributed by atoms with Gasteiger partial charge in [-0.25, -0.2) is 10.5 Å². The molecular weight excluding hydrogens is 328 g/mol. The molecule has 1 aliphatic heterocycles. The van der Waals surface area contributed by atoms with Crippen molar-refractivity contribution < 1.29 is 17.1 Å². The Morgan fingerprint density at radius 1 is 1.37 bits per heavy atom. The van der Waals surface area contributed by atoms with Gasteiger partial charge in [-0.15, -0.1) is 0 Å². The SMILES string of the molecule is CN1CCC[C@H]1c1cccnc1.N#C[S-].N#C[S-].[Cu+2]. The molecule has 0 aromatic carbocycles. The Balaban J connectivity index is 0. The molecule has 1 saturated heterocycles. The Morgan fingerprint density at radius 2 is 1.95 bits per heavy atom. The van der Waals surface area contributed by atoms with Crippen LogP contribution in [0.4, 0.5) is 0 Å². The molecule has 0 aliphatic carbocycles. The molecule has 1 atom stereocenters. The number of hydrogen-bond acceptors (Lipinski definition) is 6. The normalized spacial score (nSPS) is 16.3. The summed E-state index contributed by atoms with van der Waals surface area (Å²) in [6.45, 7) is 1.22. The first-order valence-electron chi connectivity index (χ1n) is 5.33. The van der Waals surface area contributed by atoms with Crippen LogP contribution in [0.5, 0.6) is 0 Å². The first kappa shape index (κ1) is 20.4. The largest absolute Gasteiger partial charge is 2.00 e. The molecule has 1 aromatic rings. The number of thiocyanates is 2. The Labute approximate surface area is 136 Å². The van der Waals surface area contributed by atoms with Crippen LogP contribution in [-0.2, 0) is 42.3 Å². The van der Waals surface area contributed by atoms with Crippen molar-refractivity contribution in [2.75, 3.05) is 13.6 Å². The minimum Gasteiger partial charge on any atom is -0.696 e. The molecule has 1 radical (unpaired) electrons. The standard InChI is InChI=1S/C10H14N2.2CHNS.Cu/c1-12-7-3-5-10(12)9-4-2-6-11-8-9;2*2-1-3;/h2,4,6,8,10H,3,5,7H2,1H3;2*3H;/q;;;+2/p-2/t10-;;;/m0.../s1. The van der Waals surface area contributed by atoms with E-state index in [0.717, 1.165) is 0 Å². The van der Waals surface area contributed by atoms with Crippen LogP contribution in [0.2, 0.25) is 0 Å². The quantitative estimate of drug-likeness (QED) is 0.441. The second-order valence-corrected chi connectivity index (χ2v) is 3.97. The number of nitriles is 2. The number of hydrogen-bond donors (Lipinski definition) is 0. The van der Waals surface area contributed by atoms with Gasteiger partial charge < -0.3 is 25.3 Å². The van der Waals surface area contributed by atoms with Crippen molar-refractivity contribution in [3.63, 3.8) is 0 Å². The fraction of sp³-hybridized carbons (Fsp3) is 0.417. The maximum atomic E-state index is 7.13. The van der Waals surface area contributed by atoms with Crippen molar-refractivity contribution >= 4 is 25.3 Å². The zero-order chi connectivity index (χ0) is 13.8. The summed E-state index contributed by atoms with van der Waals surface area (Å²) in [6.07, 6.45) is 6.41. The summed E-state index contributed by atoms with van der Waals surface area (Å²) in [5.41, 5.74) is 1.36. The third-order valence-electron chi connectivity index (χ3n) is 2.59. The molecule has 0 spiro atoms. The van der Waals surface area contributed by atoms with Crippen molar-refractivity contribution in [2.24, 2.45) is 0 Å². The number of rotatable bonds is 1. The van der Waals surface area contributed by atoms with Gasteiger partial charge in [0.1, 0.15) is 0 Å². The summed E-state index contributed by atoms with van der Waals surface area (Å²) in [7, 11) is 2.19. The van der Waals surface area contributed by atoms with Gasteiger partial charge in [0, 0.05) is 18.4 Å². The minimum absolute atomic E-state index is 0. The van der Waals surface area contributed by atoms with Gasteiger partial charge in [-0.3, -0.25) is 9.88 Å². The topological polar surface area (TPSA) is 63.7 Å². The van der Waals surface area contributed by atoms with E-state index in [4.69, 9.17) is 10.5 Å². The molecule has 1 aromatic heterocycles. The molecule has 2 rings (SSSR count). The van der Waals surface area contributed by atoms with Crippen molar-refractivity contribution in [1.29, 1.82) is 10.5 Å². The van der Waals surface area contributed by atoms with Crippen molar-refractivity contribution in [3.05, 3.63) is 30.1 Å². The predicted octanol–water partition coefficient (Wildman–Crippen LogP) is 1.87. The van der Waals surface area contributed by atoms with Gasteiger partial charge >= 0.3 is 17.1 Å². The van der Waals surface area contributed by atoms with E-state index < -0.39 is 0 Å². The summed E-state index contributed by atoms with van der Waals surface area (Å²) in [4.78, 5) is 6.54. The first-order valence-corrected chi connectivity index (χ1v) is 6.15. The van der Waals surface area contributed by atoms with Gasteiger partial charge in [-0.05, 0) is 38.1 Å². The monoisotopic (exact) mass is 341 g/mol. The molecule has 2 heterocycles. The Hall–Kier alpha value is -0.951. The first-order chi connectivity index (χ1) is 8.71. The number of nitrogens with zero attached hydrogens (tertiary/aromatic N) is 4. The molecule has 0 saturated carbocycles. The summed E-state index contributed by atoms with van der Waals surface area (Å²) >= 11 is 7.40. The molecule has 0 bridgehead atoms. The van der Waals surface area contributed by atoms with Crippen LogP contribution in [0, 0.1) is 21.3 Å². The smallest absolute Gasteiger partial charge is 0.696 e. The molecule has 4 nitrogen and oxygen atoms in total. The van der Waals surface area contributed by atoms with Crippen molar-refractivity contribution in [2.45, 2.75) is 18.9 Å². The van der Waals surface area contributed by atoms with E-state index in [0.29, 0.717) is 6.04 Å². The number of likely N-dealkylation sites (tertiary alicyclic amines) is 1. The van der Waals surface area contributed by atoms with Crippen LogP contribution >= 0.6 is 0 Å². The molecular formula is C12H14CuN4S2. The Morgan fingerprint density at radius 3 is 2.32 bits per heavy atom. The maximum absolute atomic E-state index is 7.13. The van der Waals surface area contributed by atoms with E-state index in [1.807, 2.05) is 18.5 Å². The molecule has 7 heteroatoms. The minimum atomic E-state index is 0. The van der Waals surface area contributed by atoms with E-state index in [-0.39, 0.29) is 17.1 Å². The van der Waals surface area contributed by atoms with Gasteiger partial charge in [0.05, 0.1) is 0 Å². The summed E-state index contributed by atoms with van der Waals surface area (Å²) in [5.74, 6) is 0. The molecule has 105 valence electrons. The van der Waals surface area contributed by atoms with E-state index in [1.165, 1.54) is 35.8 Å². The molecule has 1 fully saturated rings. The molecule has 19 heavy (non-hydrogen) atoms. The van der Waals surface area contributed by atoms with E-state index in [1.54, 1.807) is 0 Å². The molecule has 0 unspecified atom stereocenters. The van der Waals surface area contributed by atoms with Gasteiger partial charge in [0.2, 0.25) is 0 Å². The van der Waals surface area contributed by atoms with Gasteiger partial charge in [-0.2, -0.15) is 0 Å². The van der Waals surface area contributed by atoms with Crippen LogP contribution in [0.3, 0.4) is 0 Å². The molecule has 0 N–H and O–H groups in total. The number of aromatic nitrogens is 1. The third-order valence-corrected chi connectivity index (χ3v) is 2.59. The summed E-state index contributed by atoms with van der Waals surface area (Å²) in [6, 6.07) is 4.79. The van der Waals surface area contributed by atoms with Crippen molar-refractivity contribution in [3.8, 4) is 10.8 Å². The fourth-order valence-corrected chi connectivity index (χ4v) is 1.90. The van der Waals surface area contributed by atoms with Crippen LogP contribution in [0.15, 0.2) is 24.5 Å². The van der Waals surface area contributed by atoms with Crippen LogP contribution < -0.4 is 0 Å². The van der Waals surface area contributed by atoms with E-state index in [2.05, 4.69) is 48.3 Å². The molecule has 1 aliphatic rings. The average molecular weight is 342 g/mol. The van der Waals surface area contributed by atoms with Gasteiger partial charge in [0.15, 0.2) is 0 Å². The Kier molecular flexibility index (Phi) is 14.5. The Bertz CT molecular complexity index is 390. The average Bonchev–Trinajstić information content (AvgIpc) is 2.79. The maximum Gasteiger partial charge on any atom is 2.00 e. The fourth-order valence-electron chi connectivity index (χ4n) is 1.90. The van der Waals surface area contributed by atoms with Gasteiger partial charge in [0.25, 0.3) is 0 Å². The van der Waals surface area contributed by atoms with E-state index in [9.17, 15) is 0 Å². The predicted molar refractivity (Wildman–Crippen MR) is 74.8 cm³/mol.